The summed E-state index contributed by atoms with van der Waals surface area (Å²) < 4.78 is 5.57. The third-order valence-corrected chi connectivity index (χ3v) is 10.00. The van der Waals surface area contributed by atoms with E-state index in [1.165, 1.54) is 39.0 Å². The van der Waals surface area contributed by atoms with Crippen LogP contribution in [0.5, 0.6) is 0 Å². The number of amides is 1. The van der Waals surface area contributed by atoms with Crippen molar-refractivity contribution < 1.29 is 14.3 Å². The van der Waals surface area contributed by atoms with Gasteiger partial charge in [0.05, 0.1) is 0 Å². The van der Waals surface area contributed by atoms with E-state index in [4.69, 9.17) is 10.5 Å². The van der Waals surface area contributed by atoms with Gasteiger partial charge in [0.1, 0.15) is 6.10 Å². The number of carbonyl (C=O) groups excluding carboxylic acids is 2. The van der Waals surface area contributed by atoms with Crippen molar-refractivity contribution in [3.63, 3.8) is 0 Å². The van der Waals surface area contributed by atoms with Crippen LogP contribution in [0, 0.1) is 40.4 Å². The molecule has 0 bridgehead atoms. The van der Waals surface area contributed by atoms with Crippen molar-refractivity contribution in [2.45, 2.75) is 98.0 Å². The highest BCUT2D eigenvalue weighted by atomic mass is 16.5. The van der Waals surface area contributed by atoms with Crippen LogP contribution in [0.1, 0.15) is 91.9 Å². The monoisotopic (exact) mass is 415 g/mol. The van der Waals surface area contributed by atoms with Gasteiger partial charge in [-0.3, -0.25) is 9.59 Å². The lowest BCUT2D eigenvalue weighted by molar-refractivity contribution is -0.148. The van der Waals surface area contributed by atoms with Crippen molar-refractivity contribution in [3.8, 4) is 0 Å². The zero-order valence-electron chi connectivity index (χ0n) is 19.4. The van der Waals surface area contributed by atoms with Crippen LogP contribution in [-0.4, -0.2) is 18.0 Å². The zero-order valence-corrected chi connectivity index (χ0v) is 19.4. The summed E-state index contributed by atoms with van der Waals surface area (Å²) in [6.07, 6.45) is 13.7. The Labute approximate surface area is 182 Å². The molecule has 1 unspecified atom stereocenters. The van der Waals surface area contributed by atoms with Gasteiger partial charge < -0.3 is 10.5 Å². The molecule has 3 fully saturated rings. The summed E-state index contributed by atoms with van der Waals surface area (Å²) in [4.78, 5) is 22.8. The molecule has 8 atom stereocenters. The fraction of sp³-hybridized carbons (Fsp3) is 0.846. The van der Waals surface area contributed by atoms with Gasteiger partial charge in [-0.2, -0.15) is 0 Å². The lowest BCUT2D eigenvalue weighted by Crippen LogP contribution is -2.51. The third-order valence-electron chi connectivity index (χ3n) is 10.00. The van der Waals surface area contributed by atoms with Gasteiger partial charge in [-0.25, -0.2) is 0 Å². The van der Waals surface area contributed by atoms with Crippen molar-refractivity contribution in [1.82, 2.24) is 0 Å². The van der Waals surface area contributed by atoms with Gasteiger partial charge in [0.15, 0.2) is 0 Å². The Bertz CT molecular complexity index is 730. The first-order valence-electron chi connectivity index (χ1n) is 12.3. The van der Waals surface area contributed by atoms with Gasteiger partial charge in [-0.15, -0.1) is 0 Å². The molecule has 0 aromatic carbocycles. The van der Waals surface area contributed by atoms with E-state index in [1.807, 2.05) is 0 Å². The van der Waals surface area contributed by atoms with Crippen LogP contribution < -0.4 is 5.73 Å². The number of carbonyl (C=O) groups is 2. The summed E-state index contributed by atoms with van der Waals surface area (Å²) in [6, 6.07) is 0. The molecule has 4 nitrogen and oxygen atoms in total. The van der Waals surface area contributed by atoms with E-state index in [0.29, 0.717) is 17.8 Å². The quantitative estimate of drug-likeness (QED) is 0.483. The molecule has 2 N–H and O–H groups in total. The van der Waals surface area contributed by atoms with Crippen LogP contribution >= 0.6 is 0 Å². The van der Waals surface area contributed by atoms with Crippen LogP contribution in [0.3, 0.4) is 0 Å². The number of primary amides is 1. The first kappa shape index (κ1) is 21.9. The molecule has 30 heavy (non-hydrogen) atoms. The Morgan fingerprint density at radius 1 is 1.17 bits per heavy atom. The van der Waals surface area contributed by atoms with E-state index < -0.39 is 0 Å². The molecular weight excluding hydrogens is 374 g/mol. The van der Waals surface area contributed by atoms with Crippen LogP contribution in [0.2, 0.25) is 0 Å². The summed E-state index contributed by atoms with van der Waals surface area (Å²) >= 11 is 0. The van der Waals surface area contributed by atoms with Crippen molar-refractivity contribution in [3.05, 3.63) is 11.6 Å². The molecule has 0 spiro atoms. The number of ether oxygens (including phenoxy) is 1. The Hall–Kier alpha value is -1.32. The van der Waals surface area contributed by atoms with Crippen molar-refractivity contribution in [2.24, 2.45) is 46.2 Å². The van der Waals surface area contributed by atoms with Crippen molar-refractivity contribution in [2.75, 3.05) is 0 Å². The SMILES string of the molecule is CC(=O)OC1CC[C@@]2(C)C(=CC[C@H]3[C@@H]4CC[C@H]([C@H](C)CCC(N)=O)[C@@]4(C)CC[C@@H]32)C1. The molecule has 4 aliphatic carbocycles. The molecule has 3 saturated carbocycles. The largest absolute Gasteiger partial charge is 0.462 e. The third kappa shape index (κ3) is 3.62. The Balaban J connectivity index is 1.51. The van der Waals surface area contributed by atoms with Gasteiger partial charge in [0, 0.05) is 19.8 Å². The Morgan fingerprint density at radius 2 is 1.93 bits per heavy atom. The number of rotatable bonds is 5. The number of hydrogen-bond donors (Lipinski definition) is 1. The molecule has 0 aromatic rings. The van der Waals surface area contributed by atoms with E-state index in [-0.39, 0.29) is 23.4 Å². The highest BCUT2D eigenvalue weighted by Gasteiger charge is 2.59. The topological polar surface area (TPSA) is 69.4 Å². The number of esters is 1. The molecule has 4 rings (SSSR count). The maximum atomic E-state index is 11.4. The summed E-state index contributed by atoms with van der Waals surface area (Å²) in [7, 11) is 0. The lowest BCUT2D eigenvalue weighted by atomic mass is 9.47. The van der Waals surface area contributed by atoms with Crippen LogP contribution in [-0.2, 0) is 14.3 Å². The average molecular weight is 416 g/mol. The van der Waals surface area contributed by atoms with Gasteiger partial charge in [0.25, 0.3) is 0 Å². The summed E-state index contributed by atoms with van der Waals surface area (Å²) in [5.41, 5.74) is 7.70. The van der Waals surface area contributed by atoms with Crippen molar-refractivity contribution >= 4 is 11.9 Å². The molecule has 4 aliphatic rings. The second-order valence-electron chi connectivity index (χ2n) is 11.4. The molecule has 4 heteroatoms. The predicted molar refractivity (Wildman–Crippen MR) is 118 cm³/mol. The summed E-state index contributed by atoms with van der Waals surface area (Å²) in [5.74, 6) is 3.36. The minimum atomic E-state index is -0.160. The number of nitrogens with two attached hydrogens (primary N) is 1. The first-order valence-corrected chi connectivity index (χ1v) is 12.3. The zero-order chi connectivity index (χ0) is 21.7. The molecule has 0 radical (unpaired) electrons. The second kappa shape index (κ2) is 7.98. The maximum absolute atomic E-state index is 11.4. The van der Waals surface area contributed by atoms with Crippen LogP contribution in [0.25, 0.3) is 0 Å². The molecule has 0 aliphatic heterocycles. The minimum absolute atomic E-state index is 0.0780. The standard InChI is InChI=1S/C26H41NO3/c1-16(5-10-24(27)29)21-8-9-22-20-7-6-18-15-19(30-17(2)28)11-13-25(18,3)23(20)12-14-26(21,22)4/h6,16,19-23H,5,7-15H2,1-4H3,(H2,27,29)/t16-,19?,20+,21-,22+,23+,25+,26-/m1/s1. The fourth-order valence-corrected chi connectivity index (χ4v) is 8.51. The number of allylic oxidation sites excluding steroid dienone is 1. The summed E-state index contributed by atoms with van der Waals surface area (Å²) in [6.45, 7) is 8.95. The molecule has 0 heterocycles. The van der Waals surface area contributed by atoms with Gasteiger partial charge in [0.2, 0.25) is 5.91 Å². The highest BCUT2D eigenvalue weighted by molar-refractivity contribution is 5.73. The molecule has 0 aromatic heterocycles. The lowest BCUT2D eigenvalue weighted by Gasteiger charge is -2.58. The Morgan fingerprint density at radius 3 is 2.63 bits per heavy atom. The smallest absolute Gasteiger partial charge is 0.302 e. The van der Waals surface area contributed by atoms with Crippen LogP contribution in [0.15, 0.2) is 11.6 Å². The highest BCUT2D eigenvalue weighted by Crippen LogP contribution is 2.67. The van der Waals surface area contributed by atoms with Crippen molar-refractivity contribution in [1.29, 1.82) is 0 Å². The molecule has 0 saturated heterocycles. The fourth-order valence-electron chi connectivity index (χ4n) is 8.51. The van der Waals surface area contributed by atoms with E-state index in [9.17, 15) is 9.59 Å². The number of fused-ring (bicyclic) bond motifs is 5. The Kier molecular flexibility index (Phi) is 5.83. The van der Waals surface area contributed by atoms with Gasteiger partial charge in [-0.1, -0.05) is 32.4 Å². The molecule has 168 valence electrons. The van der Waals surface area contributed by atoms with E-state index in [2.05, 4.69) is 26.8 Å². The first-order chi connectivity index (χ1) is 14.1. The predicted octanol–water partition coefficient (Wildman–Crippen LogP) is 5.40. The molecular formula is C26H41NO3. The van der Waals surface area contributed by atoms with E-state index in [1.54, 1.807) is 5.57 Å². The van der Waals surface area contributed by atoms with E-state index >= 15 is 0 Å². The minimum Gasteiger partial charge on any atom is -0.462 e. The second-order valence-corrected chi connectivity index (χ2v) is 11.4. The van der Waals surface area contributed by atoms with Gasteiger partial charge >= 0.3 is 5.97 Å². The van der Waals surface area contributed by atoms with Gasteiger partial charge in [-0.05, 0) is 91.8 Å². The summed E-state index contributed by atoms with van der Waals surface area (Å²) in [5, 5.41) is 0. The average Bonchev–Trinajstić information content (AvgIpc) is 3.03. The maximum Gasteiger partial charge on any atom is 0.302 e. The van der Waals surface area contributed by atoms with E-state index in [0.717, 1.165) is 49.4 Å². The number of hydrogen-bond acceptors (Lipinski definition) is 3. The molecule has 1 amide bonds. The normalized spacial score (nSPS) is 43.6. The van der Waals surface area contributed by atoms with Crippen LogP contribution in [0.4, 0.5) is 0 Å².